The molecule has 0 bridgehead atoms. The minimum Gasteiger partial charge on any atom is -0.310 e. The molecule has 0 aliphatic rings. The Hall–Kier alpha value is -1.24. The summed E-state index contributed by atoms with van der Waals surface area (Å²) in [7, 11) is -3.90. The van der Waals surface area contributed by atoms with Gasteiger partial charge in [-0.25, -0.2) is 4.39 Å². The molecule has 0 heterocycles. The van der Waals surface area contributed by atoms with Crippen molar-refractivity contribution in [2.24, 2.45) is 5.92 Å². The van der Waals surface area contributed by atoms with Crippen molar-refractivity contribution in [2.45, 2.75) is 26.3 Å². The summed E-state index contributed by atoms with van der Waals surface area (Å²) in [6, 6.07) is 6.28. The Kier molecular flexibility index (Phi) is 7.01. The fourth-order valence-corrected chi connectivity index (χ4v) is 2.35. The minimum absolute atomic E-state index is 0.0800. The van der Waals surface area contributed by atoms with Crippen LogP contribution in [-0.2, 0) is 10.1 Å². The lowest BCUT2D eigenvalue weighted by atomic mass is 10.0. The molecule has 0 saturated carbocycles. The van der Waals surface area contributed by atoms with Gasteiger partial charge in [-0.3, -0.25) is 4.55 Å². The molecule has 0 aliphatic carbocycles. The molecule has 4 nitrogen and oxygen atoms in total. The average Bonchev–Trinajstić information content (AvgIpc) is 2.38. The van der Waals surface area contributed by atoms with Gasteiger partial charge in [0, 0.05) is 6.04 Å². The highest BCUT2D eigenvalue weighted by atomic mass is 32.2. The summed E-state index contributed by atoms with van der Waals surface area (Å²) in [6.07, 6.45) is 4.23. The van der Waals surface area contributed by atoms with Crippen LogP contribution in [0.15, 0.2) is 30.3 Å². The molecule has 1 aromatic carbocycles. The zero-order valence-electron chi connectivity index (χ0n) is 12.3. The highest BCUT2D eigenvalue weighted by Gasteiger charge is 2.10. The third-order valence-corrected chi connectivity index (χ3v) is 3.85. The van der Waals surface area contributed by atoms with Crippen LogP contribution in [0, 0.1) is 11.7 Å². The lowest BCUT2D eigenvalue weighted by Crippen LogP contribution is -2.33. The third kappa shape index (κ3) is 7.94. The van der Waals surface area contributed by atoms with E-state index >= 15 is 0 Å². The van der Waals surface area contributed by atoms with E-state index in [1.807, 2.05) is 12.2 Å². The maximum atomic E-state index is 12.8. The molecule has 1 rings (SSSR count). The zero-order chi connectivity index (χ0) is 15.9. The Bertz CT molecular complexity index is 553. The summed E-state index contributed by atoms with van der Waals surface area (Å²) in [5.41, 5.74) is 0.904. The van der Waals surface area contributed by atoms with E-state index in [1.165, 1.54) is 12.1 Å². The number of nitrogens with one attached hydrogen (secondary N) is 1. The van der Waals surface area contributed by atoms with Crippen LogP contribution < -0.4 is 5.32 Å². The molecule has 0 aromatic heterocycles. The van der Waals surface area contributed by atoms with E-state index in [0.29, 0.717) is 18.9 Å². The summed E-state index contributed by atoms with van der Waals surface area (Å²) in [5, 5.41) is 3.24. The molecule has 6 heteroatoms. The van der Waals surface area contributed by atoms with E-state index in [4.69, 9.17) is 4.55 Å². The van der Waals surface area contributed by atoms with Crippen molar-refractivity contribution in [3.05, 3.63) is 41.7 Å². The van der Waals surface area contributed by atoms with Crippen molar-refractivity contribution < 1.29 is 17.4 Å². The van der Waals surface area contributed by atoms with Gasteiger partial charge >= 0.3 is 0 Å². The fraction of sp³-hybridized carbons (Fsp3) is 0.467. The van der Waals surface area contributed by atoms with Crippen molar-refractivity contribution in [3.63, 3.8) is 0 Å². The topological polar surface area (TPSA) is 66.4 Å². The first-order chi connectivity index (χ1) is 9.78. The van der Waals surface area contributed by atoms with Gasteiger partial charge in [0.15, 0.2) is 0 Å². The molecular weight excluding hydrogens is 293 g/mol. The lowest BCUT2D eigenvalue weighted by Gasteiger charge is -2.18. The third-order valence-electron chi connectivity index (χ3n) is 3.04. The Labute approximate surface area is 125 Å². The van der Waals surface area contributed by atoms with E-state index in [2.05, 4.69) is 19.2 Å². The molecule has 1 atom stereocenters. The van der Waals surface area contributed by atoms with E-state index in [-0.39, 0.29) is 17.6 Å². The van der Waals surface area contributed by atoms with Gasteiger partial charge in [-0.15, -0.1) is 0 Å². The monoisotopic (exact) mass is 315 g/mol. The van der Waals surface area contributed by atoms with Crippen LogP contribution in [0.5, 0.6) is 0 Å². The van der Waals surface area contributed by atoms with E-state index in [0.717, 1.165) is 5.56 Å². The van der Waals surface area contributed by atoms with Gasteiger partial charge in [0.2, 0.25) is 0 Å². The average molecular weight is 315 g/mol. The molecule has 0 aliphatic heterocycles. The first-order valence-corrected chi connectivity index (χ1v) is 8.51. The quantitative estimate of drug-likeness (QED) is 0.572. The van der Waals surface area contributed by atoms with Gasteiger partial charge < -0.3 is 5.32 Å². The van der Waals surface area contributed by atoms with Crippen molar-refractivity contribution in [1.29, 1.82) is 0 Å². The van der Waals surface area contributed by atoms with Gasteiger partial charge in [-0.1, -0.05) is 38.1 Å². The van der Waals surface area contributed by atoms with Crippen molar-refractivity contribution in [1.82, 2.24) is 5.32 Å². The molecule has 0 amide bonds. The van der Waals surface area contributed by atoms with Gasteiger partial charge in [-0.05, 0) is 36.6 Å². The predicted octanol–water partition coefficient (Wildman–Crippen LogP) is 2.73. The van der Waals surface area contributed by atoms with Crippen LogP contribution in [0.25, 0.3) is 6.08 Å². The number of halogens is 1. The summed E-state index contributed by atoms with van der Waals surface area (Å²) >= 11 is 0. The fourth-order valence-electron chi connectivity index (χ4n) is 1.84. The molecule has 2 N–H and O–H groups in total. The van der Waals surface area contributed by atoms with Crippen molar-refractivity contribution >= 4 is 16.2 Å². The standard InChI is InChI=1S/C15H22FNO3S/c1-12(2)15(17-10-3-11-21(18,19)20)9-6-13-4-7-14(16)8-5-13/h4-9,12,15,17H,3,10-11H2,1-2H3,(H,18,19,20)/b9-6+/t15-/m1/s1. The molecule has 0 fully saturated rings. The summed E-state index contributed by atoms with van der Waals surface area (Å²) in [5.74, 6) is -0.185. The number of benzene rings is 1. The van der Waals surface area contributed by atoms with E-state index in [9.17, 15) is 12.8 Å². The second-order valence-electron chi connectivity index (χ2n) is 5.27. The maximum Gasteiger partial charge on any atom is 0.264 e. The van der Waals surface area contributed by atoms with Crippen LogP contribution in [-0.4, -0.2) is 31.3 Å². The Morgan fingerprint density at radius 1 is 1.29 bits per heavy atom. The molecule has 1 aromatic rings. The largest absolute Gasteiger partial charge is 0.310 e. The first-order valence-electron chi connectivity index (χ1n) is 6.90. The van der Waals surface area contributed by atoms with Gasteiger partial charge in [-0.2, -0.15) is 8.42 Å². The van der Waals surface area contributed by atoms with E-state index in [1.54, 1.807) is 12.1 Å². The van der Waals surface area contributed by atoms with Crippen LogP contribution >= 0.6 is 0 Å². The number of rotatable bonds is 8. The lowest BCUT2D eigenvalue weighted by molar-refractivity contribution is 0.456. The Morgan fingerprint density at radius 2 is 1.90 bits per heavy atom. The minimum atomic E-state index is -3.90. The molecule has 0 radical (unpaired) electrons. The molecular formula is C15H22FNO3S. The first kappa shape index (κ1) is 17.8. The van der Waals surface area contributed by atoms with Crippen LogP contribution in [0.4, 0.5) is 4.39 Å². The highest BCUT2D eigenvalue weighted by Crippen LogP contribution is 2.09. The van der Waals surface area contributed by atoms with Crippen molar-refractivity contribution in [3.8, 4) is 0 Å². The molecule has 0 spiro atoms. The van der Waals surface area contributed by atoms with Gasteiger partial charge in [0.05, 0.1) is 5.75 Å². The molecule has 0 unspecified atom stereocenters. The Balaban J connectivity index is 2.51. The summed E-state index contributed by atoms with van der Waals surface area (Å²) < 4.78 is 42.7. The molecule has 21 heavy (non-hydrogen) atoms. The van der Waals surface area contributed by atoms with Gasteiger partial charge in [0.1, 0.15) is 5.82 Å². The van der Waals surface area contributed by atoms with Gasteiger partial charge in [0.25, 0.3) is 10.1 Å². The number of hydrogen-bond acceptors (Lipinski definition) is 3. The summed E-state index contributed by atoms with van der Waals surface area (Å²) in [4.78, 5) is 0. The molecule has 118 valence electrons. The number of hydrogen-bond donors (Lipinski definition) is 2. The van der Waals surface area contributed by atoms with Crippen LogP contribution in [0.3, 0.4) is 0 Å². The zero-order valence-corrected chi connectivity index (χ0v) is 13.1. The SMILES string of the molecule is CC(C)[C@@H](/C=C/c1ccc(F)cc1)NCCCS(=O)(=O)O. The van der Waals surface area contributed by atoms with Crippen molar-refractivity contribution in [2.75, 3.05) is 12.3 Å². The normalized spacial score (nSPS) is 14.0. The predicted molar refractivity (Wildman–Crippen MR) is 83.1 cm³/mol. The second kappa shape index (κ2) is 8.26. The second-order valence-corrected chi connectivity index (χ2v) is 6.85. The van der Waals surface area contributed by atoms with Crippen LogP contribution in [0.1, 0.15) is 25.8 Å². The van der Waals surface area contributed by atoms with Crippen LogP contribution in [0.2, 0.25) is 0 Å². The highest BCUT2D eigenvalue weighted by molar-refractivity contribution is 7.85. The molecule has 0 saturated heterocycles. The summed E-state index contributed by atoms with van der Waals surface area (Å²) in [6.45, 7) is 4.60. The Morgan fingerprint density at radius 3 is 2.43 bits per heavy atom. The smallest absolute Gasteiger partial charge is 0.264 e. The van der Waals surface area contributed by atoms with E-state index < -0.39 is 10.1 Å². The maximum absolute atomic E-state index is 12.8.